The lowest BCUT2D eigenvalue weighted by Crippen LogP contribution is -2.50. The van der Waals surface area contributed by atoms with Gasteiger partial charge in [-0.25, -0.2) is 13.2 Å². The zero-order valence-corrected chi connectivity index (χ0v) is 21.9. The number of nitrogens with zero attached hydrogens (tertiary/aromatic N) is 2. The van der Waals surface area contributed by atoms with Crippen LogP contribution in [0.4, 0.5) is 13.2 Å². The minimum atomic E-state index is -5.08. The molecule has 1 aliphatic heterocycles. The van der Waals surface area contributed by atoms with Gasteiger partial charge < -0.3 is 24.8 Å². The highest BCUT2D eigenvalue weighted by molar-refractivity contribution is 7.89. The van der Waals surface area contributed by atoms with Gasteiger partial charge in [-0.3, -0.25) is 4.79 Å². The molecular formula is C24H30F3N3O7S. The number of benzene rings is 2. The number of carboxylic acid groups (broad SMARTS) is 1. The molecule has 2 aromatic carbocycles. The fraction of sp³-hybridized carbons (Fsp3) is 0.417. The molecule has 0 atom stereocenters. The summed E-state index contributed by atoms with van der Waals surface area (Å²) >= 11 is 0. The Morgan fingerprint density at radius 2 is 1.66 bits per heavy atom. The lowest BCUT2D eigenvalue weighted by molar-refractivity contribution is -0.192. The van der Waals surface area contributed by atoms with E-state index in [4.69, 9.17) is 19.4 Å². The summed E-state index contributed by atoms with van der Waals surface area (Å²) in [5.41, 5.74) is 1.84. The third-order valence-corrected chi connectivity index (χ3v) is 7.25. The van der Waals surface area contributed by atoms with E-state index < -0.39 is 22.2 Å². The van der Waals surface area contributed by atoms with Crippen molar-refractivity contribution in [2.45, 2.75) is 24.5 Å². The van der Waals surface area contributed by atoms with Gasteiger partial charge in [0.05, 0.1) is 25.7 Å². The molecule has 0 aliphatic carbocycles. The summed E-state index contributed by atoms with van der Waals surface area (Å²) in [6.07, 6.45) is -5.08. The van der Waals surface area contributed by atoms with Gasteiger partial charge in [-0.15, -0.1) is 0 Å². The van der Waals surface area contributed by atoms with Crippen LogP contribution < -0.4 is 14.8 Å². The lowest BCUT2D eigenvalue weighted by atomic mass is 10.1. The molecule has 1 fully saturated rings. The van der Waals surface area contributed by atoms with Crippen LogP contribution in [-0.4, -0.2) is 87.7 Å². The second kappa shape index (κ2) is 13.4. The Kier molecular flexibility index (Phi) is 10.9. The minimum Gasteiger partial charge on any atom is -0.493 e. The molecule has 1 aliphatic rings. The van der Waals surface area contributed by atoms with E-state index in [1.54, 1.807) is 11.0 Å². The number of amides is 1. The van der Waals surface area contributed by atoms with Crippen molar-refractivity contribution in [1.82, 2.24) is 14.5 Å². The maximum atomic E-state index is 13.6. The second-order valence-corrected chi connectivity index (χ2v) is 10.2. The first kappa shape index (κ1) is 30.9. The van der Waals surface area contributed by atoms with Crippen LogP contribution in [0.15, 0.2) is 47.4 Å². The third kappa shape index (κ3) is 8.60. The number of sulfonamides is 1. The molecule has 0 saturated carbocycles. The summed E-state index contributed by atoms with van der Waals surface area (Å²) < 4.78 is 70.6. The molecule has 3 rings (SSSR count). The van der Waals surface area contributed by atoms with Crippen LogP contribution in [0, 0.1) is 6.92 Å². The molecule has 210 valence electrons. The molecule has 2 N–H and O–H groups in total. The highest BCUT2D eigenvalue weighted by Crippen LogP contribution is 2.31. The number of carbonyl (C=O) groups is 2. The van der Waals surface area contributed by atoms with Gasteiger partial charge in [0.2, 0.25) is 15.9 Å². The first-order valence-electron chi connectivity index (χ1n) is 11.4. The van der Waals surface area contributed by atoms with E-state index in [2.05, 4.69) is 5.32 Å². The summed E-state index contributed by atoms with van der Waals surface area (Å²) in [5, 5.41) is 10.3. The van der Waals surface area contributed by atoms with Crippen LogP contribution in [0.5, 0.6) is 11.5 Å². The average molecular weight is 562 g/mol. The van der Waals surface area contributed by atoms with Gasteiger partial charge in [-0.1, -0.05) is 29.8 Å². The van der Waals surface area contributed by atoms with Crippen molar-refractivity contribution in [1.29, 1.82) is 0 Å². The molecule has 1 amide bonds. The molecule has 0 unspecified atom stereocenters. The van der Waals surface area contributed by atoms with Crippen molar-refractivity contribution >= 4 is 21.9 Å². The molecular weight excluding hydrogens is 531 g/mol. The standard InChI is InChI=1S/C22H29N3O5S.C2HF3O2/c1-17-5-4-6-18(13-17)15-25(16-22(26)24-11-9-23-10-12-24)31(27,28)19-7-8-20(29-2)21(14-19)30-3;3-2(4,5)1(6)7/h4-8,13-14,23H,9-12,15-16H2,1-3H3;(H,6,7). The molecule has 1 heterocycles. The van der Waals surface area contributed by atoms with Crippen molar-refractivity contribution in [3.8, 4) is 11.5 Å². The SMILES string of the molecule is COc1ccc(S(=O)(=O)N(CC(=O)N2CCNCC2)Cc2cccc(C)c2)cc1OC.O=C(O)C(F)(F)F. The largest absolute Gasteiger partial charge is 0.493 e. The molecule has 0 radical (unpaired) electrons. The number of halogens is 3. The van der Waals surface area contributed by atoms with E-state index in [-0.39, 0.29) is 23.9 Å². The highest BCUT2D eigenvalue weighted by atomic mass is 32.2. The Bertz CT molecular complexity index is 1220. The smallest absolute Gasteiger partial charge is 0.490 e. The Morgan fingerprint density at radius 3 is 2.18 bits per heavy atom. The second-order valence-electron chi connectivity index (χ2n) is 8.21. The zero-order chi connectivity index (χ0) is 28.5. The van der Waals surface area contributed by atoms with Gasteiger partial charge in [0, 0.05) is 38.8 Å². The van der Waals surface area contributed by atoms with Gasteiger partial charge in [0.25, 0.3) is 0 Å². The molecule has 0 bridgehead atoms. The molecule has 0 spiro atoms. The molecule has 10 nitrogen and oxygen atoms in total. The molecule has 14 heteroatoms. The highest BCUT2D eigenvalue weighted by Gasteiger charge is 2.38. The Balaban J connectivity index is 0.000000638. The number of hydrogen-bond acceptors (Lipinski definition) is 7. The number of piperazine rings is 1. The third-order valence-electron chi connectivity index (χ3n) is 5.46. The Hall–Kier alpha value is -3.36. The van der Waals surface area contributed by atoms with Crippen molar-refractivity contribution in [2.24, 2.45) is 0 Å². The van der Waals surface area contributed by atoms with Gasteiger partial charge in [-0.05, 0) is 24.6 Å². The molecule has 38 heavy (non-hydrogen) atoms. The minimum absolute atomic E-state index is 0.0471. The monoisotopic (exact) mass is 561 g/mol. The summed E-state index contributed by atoms with van der Waals surface area (Å²) in [6, 6.07) is 12.1. The topological polar surface area (TPSA) is 125 Å². The summed E-state index contributed by atoms with van der Waals surface area (Å²) in [4.78, 5) is 23.6. The summed E-state index contributed by atoms with van der Waals surface area (Å²) in [7, 11) is -1.03. The fourth-order valence-electron chi connectivity index (χ4n) is 3.53. The first-order valence-corrected chi connectivity index (χ1v) is 12.8. The summed E-state index contributed by atoms with van der Waals surface area (Å²) in [6.45, 7) is 4.34. The number of ether oxygens (including phenoxy) is 2. The number of methoxy groups -OCH3 is 2. The van der Waals surface area contributed by atoms with Gasteiger partial charge >= 0.3 is 12.1 Å². The van der Waals surface area contributed by atoms with E-state index >= 15 is 0 Å². The maximum absolute atomic E-state index is 13.6. The Morgan fingerprint density at radius 1 is 1.05 bits per heavy atom. The first-order chi connectivity index (χ1) is 17.8. The van der Waals surface area contributed by atoms with Gasteiger partial charge in [-0.2, -0.15) is 17.5 Å². The van der Waals surface area contributed by atoms with E-state index in [1.807, 2.05) is 31.2 Å². The number of nitrogens with one attached hydrogen (secondary N) is 1. The maximum Gasteiger partial charge on any atom is 0.490 e. The fourth-order valence-corrected chi connectivity index (χ4v) is 4.92. The van der Waals surface area contributed by atoms with E-state index in [9.17, 15) is 26.4 Å². The quantitative estimate of drug-likeness (QED) is 0.503. The van der Waals surface area contributed by atoms with Crippen LogP contribution in [0.2, 0.25) is 0 Å². The Labute approximate surface area is 219 Å². The number of aryl methyl sites for hydroxylation is 1. The van der Waals surface area contributed by atoms with E-state index in [0.717, 1.165) is 11.1 Å². The number of aliphatic carboxylic acids is 1. The lowest BCUT2D eigenvalue weighted by Gasteiger charge is -2.30. The van der Waals surface area contributed by atoms with Crippen molar-refractivity contribution < 1.29 is 45.8 Å². The zero-order valence-electron chi connectivity index (χ0n) is 21.1. The van der Waals surface area contributed by atoms with E-state index in [0.29, 0.717) is 37.7 Å². The summed E-state index contributed by atoms with van der Waals surface area (Å²) in [5.74, 6) is -2.22. The van der Waals surface area contributed by atoms with Crippen molar-refractivity contribution in [3.63, 3.8) is 0 Å². The van der Waals surface area contributed by atoms with Crippen molar-refractivity contribution in [3.05, 3.63) is 53.6 Å². The number of hydrogen-bond donors (Lipinski definition) is 2. The van der Waals surface area contributed by atoms with Crippen LogP contribution in [0.1, 0.15) is 11.1 Å². The number of rotatable bonds is 8. The van der Waals surface area contributed by atoms with Crippen LogP contribution in [0.25, 0.3) is 0 Å². The van der Waals surface area contributed by atoms with Gasteiger partial charge in [0.15, 0.2) is 11.5 Å². The molecule has 2 aromatic rings. The van der Waals surface area contributed by atoms with Crippen LogP contribution in [-0.2, 0) is 26.2 Å². The molecule has 0 aromatic heterocycles. The average Bonchev–Trinajstić information content (AvgIpc) is 2.88. The van der Waals surface area contributed by atoms with Crippen molar-refractivity contribution in [2.75, 3.05) is 46.9 Å². The van der Waals surface area contributed by atoms with E-state index in [1.165, 1.54) is 30.7 Å². The number of carboxylic acids is 1. The normalized spacial score (nSPS) is 13.9. The number of carbonyl (C=O) groups excluding carboxylic acids is 1. The predicted octanol–water partition coefficient (Wildman–Crippen LogP) is 2.27. The van der Waals surface area contributed by atoms with Gasteiger partial charge in [0.1, 0.15) is 0 Å². The predicted molar refractivity (Wildman–Crippen MR) is 131 cm³/mol. The molecule has 1 saturated heterocycles. The van der Waals surface area contributed by atoms with Crippen LogP contribution >= 0.6 is 0 Å². The van der Waals surface area contributed by atoms with Crippen LogP contribution in [0.3, 0.4) is 0 Å². The number of alkyl halides is 3.